The predicted molar refractivity (Wildman–Crippen MR) is 325 cm³/mol. The fraction of sp³-hybridized carbons (Fsp3) is 0.100. The minimum atomic E-state index is -1.03. The van der Waals surface area contributed by atoms with E-state index in [1.54, 1.807) is 0 Å². The van der Waals surface area contributed by atoms with Gasteiger partial charge in [0, 0.05) is 77.7 Å². The van der Waals surface area contributed by atoms with Crippen molar-refractivity contribution in [1.29, 1.82) is 5.41 Å². The van der Waals surface area contributed by atoms with Gasteiger partial charge in [-0.25, -0.2) is 9.98 Å². The average molecular weight is 1010 g/mol. The van der Waals surface area contributed by atoms with Crippen molar-refractivity contribution in [2.24, 2.45) is 21.8 Å². The molecule has 8 nitrogen and oxygen atoms in total. The highest BCUT2D eigenvalue weighted by Gasteiger charge is 2.35. The van der Waals surface area contributed by atoms with Crippen molar-refractivity contribution >= 4 is 123 Å². The molecule has 5 heterocycles. The van der Waals surface area contributed by atoms with Gasteiger partial charge in [-0.05, 0) is 133 Å². The summed E-state index contributed by atoms with van der Waals surface area (Å²) in [4.78, 5) is 10.8. The van der Waals surface area contributed by atoms with Gasteiger partial charge in [0.2, 0.25) is 0 Å². The van der Waals surface area contributed by atoms with Crippen molar-refractivity contribution in [2.45, 2.75) is 32.4 Å². The molecule has 0 saturated carbocycles. The summed E-state index contributed by atoms with van der Waals surface area (Å²) in [5.41, 5.74) is 13.4. The van der Waals surface area contributed by atoms with Gasteiger partial charge in [0.1, 0.15) is 34.0 Å². The molecule has 3 aliphatic rings. The molecule has 374 valence electrons. The molecule has 15 rings (SSSR count). The van der Waals surface area contributed by atoms with Crippen molar-refractivity contribution in [2.75, 3.05) is 0 Å². The number of amidine groups is 2. The lowest BCUT2D eigenvalue weighted by Crippen LogP contribution is -2.50. The Morgan fingerprint density at radius 3 is 1.94 bits per heavy atom. The van der Waals surface area contributed by atoms with Gasteiger partial charge in [-0.3, -0.25) is 0 Å². The van der Waals surface area contributed by atoms with Gasteiger partial charge >= 0.3 is 0 Å². The van der Waals surface area contributed by atoms with Crippen LogP contribution < -0.4 is 5.32 Å². The van der Waals surface area contributed by atoms with Gasteiger partial charge < -0.3 is 28.7 Å². The minimum absolute atomic E-state index is 0.0178. The Kier molecular flexibility index (Phi) is 10.5. The molecule has 0 radical (unpaired) electrons. The largest absolute Gasteiger partial charge is 0.456 e. The molecule has 8 heteroatoms. The summed E-state index contributed by atoms with van der Waals surface area (Å²) in [6, 6.07) is 59.7. The fourth-order valence-electron chi connectivity index (χ4n) is 12.1. The highest BCUT2D eigenvalue weighted by atomic mass is 16.3. The zero-order chi connectivity index (χ0) is 52.1. The number of hydrogen-bond donors (Lipinski definition) is 2. The molecule has 2 aliphatic carbocycles. The Hall–Kier alpha value is -9.79. The zero-order valence-corrected chi connectivity index (χ0v) is 43.1. The van der Waals surface area contributed by atoms with Crippen LogP contribution in [0.25, 0.3) is 111 Å². The second-order valence-corrected chi connectivity index (χ2v) is 21.1. The first kappa shape index (κ1) is 45.6. The number of rotatable bonds is 9. The van der Waals surface area contributed by atoms with Crippen molar-refractivity contribution in [3.63, 3.8) is 0 Å². The van der Waals surface area contributed by atoms with Gasteiger partial charge in [-0.2, -0.15) is 0 Å². The van der Waals surface area contributed by atoms with Crippen LogP contribution in [0.5, 0.6) is 0 Å². The molecule has 0 spiro atoms. The molecular formula is C70H52N6O2. The number of nitrogens with zero attached hydrogens (tertiary/aromatic N) is 4. The van der Waals surface area contributed by atoms with Crippen LogP contribution in [0.1, 0.15) is 43.4 Å². The summed E-state index contributed by atoms with van der Waals surface area (Å²) in [5.74, 6) is 1.96. The Labute approximate surface area is 449 Å². The monoisotopic (exact) mass is 1010 g/mol. The van der Waals surface area contributed by atoms with Crippen LogP contribution in [0.3, 0.4) is 0 Å². The van der Waals surface area contributed by atoms with E-state index in [9.17, 15) is 0 Å². The number of allylic oxidation sites excluding steroid dienone is 8. The van der Waals surface area contributed by atoms with Gasteiger partial charge in [0.05, 0.1) is 22.1 Å². The topological polar surface area (TPSA) is 96.7 Å². The van der Waals surface area contributed by atoms with E-state index in [0.717, 1.165) is 124 Å². The van der Waals surface area contributed by atoms with Crippen molar-refractivity contribution in [3.8, 4) is 5.69 Å². The number of benzene rings is 8. The van der Waals surface area contributed by atoms with Crippen LogP contribution in [-0.2, 0) is 0 Å². The van der Waals surface area contributed by atoms with E-state index in [2.05, 4.69) is 229 Å². The smallest absolute Gasteiger partial charge is 0.156 e. The number of hydrogen-bond acceptors (Lipinski definition) is 6. The van der Waals surface area contributed by atoms with Crippen molar-refractivity contribution in [3.05, 3.63) is 241 Å². The van der Waals surface area contributed by atoms with Crippen LogP contribution in [-0.4, -0.2) is 32.7 Å². The van der Waals surface area contributed by atoms with E-state index in [0.29, 0.717) is 11.5 Å². The van der Waals surface area contributed by atoms with Crippen LogP contribution in [0.2, 0.25) is 0 Å². The third-order valence-electron chi connectivity index (χ3n) is 16.1. The number of nitrogens with one attached hydrogen (secondary N) is 2. The maximum Gasteiger partial charge on any atom is 0.156 e. The van der Waals surface area contributed by atoms with Gasteiger partial charge in [-0.1, -0.05) is 140 Å². The summed E-state index contributed by atoms with van der Waals surface area (Å²) in [6.45, 7) is 4.38. The van der Waals surface area contributed by atoms with Gasteiger partial charge in [0.25, 0.3) is 0 Å². The van der Waals surface area contributed by atoms with E-state index in [1.165, 1.54) is 28.2 Å². The second-order valence-electron chi connectivity index (χ2n) is 21.1. The number of aliphatic imine (C=N–C) groups is 2. The molecule has 0 bridgehead atoms. The summed E-state index contributed by atoms with van der Waals surface area (Å²) < 4.78 is 18.1. The van der Waals surface area contributed by atoms with Gasteiger partial charge in [0.15, 0.2) is 5.66 Å². The molecule has 12 aromatic rings. The first-order chi connectivity index (χ1) is 38.3. The standard InChI is InChI=1S/C70H52N6O2/c1-43-26-30-51(31-27-43)76-61-25-15-13-23-53(61)55-40-66-58(38-63(55)76)56-35-44(28-32-64(56)77-66)34-49(70(2)73-68(45-16-6-3-7-17-45)72-69(74-70)46-18-8-4-9-19-46)36-48(42-71)47-29-33-65-57(37-47)59-39-62-54(41-67(59)78-65)52-22-12-14-24-60(52)75(62)50-20-10-5-11-21-50/h3-18,20-26,28-43,46,71H,19,27H2,1-2H3,(H,72,73,74)/b48-36+,49-34-,71-42?. The predicted octanol–water partition coefficient (Wildman–Crippen LogP) is 17.5. The highest BCUT2D eigenvalue weighted by Crippen LogP contribution is 2.42. The molecule has 2 N–H and O–H groups in total. The summed E-state index contributed by atoms with van der Waals surface area (Å²) in [6.07, 6.45) is 23.0. The maximum atomic E-state index is 9.17. The number of furan rings is 2. The Morgan fingerprint density at radius 1 is 0.615 bits per heavy atom. The van der Waals surface area contributed by atoms with E-state index in [1.807, 2.05) is 24.3 Å². The fourth-order valence-corrected chi connectivity index (χ4v) is 12.1. The van der Waals surface area contributed by atoms with Crippen LogP contribution >= 0.6 is 0 Å². The number of aromatic nitrogens is 2. The molecule has 78 heavy (non-hydrogen) atoms. The normalized spacial score (nSPS) is 19.0. The summed E-state index contributed by atoms with van der Waals surface area (Å²) >= 11 is 0. The quantitative estimate of drug-likeness (QED) is 0.111. The van der Waals surface area contributed by atoms with E-state index < -0.39 is 5.66 Å². The second kappa shape index (κ2) is 17.9. The molecule has 0 fully saturated rings. The summed E-state index contributed by atoms with van der Waals surface area (Å²) in [5, 5.41) is 21.7. The molecule has 1 aliphatic heterocycles. The van der Waals surface area contributed by atoms with Crippen LogP contribution in [0.15, 0.2) is 243 Å². The number of para-hydroxylation sites is 3. The van der Waals surface area contributed by atoms with E-state index in [-0.39, 0.29) is 5.92 Å². The van der Waals surface area contributed by atoms with Crippen LogP contribution in [0, 0.1) is 17.2 Å². The SMILES string of the molecule is CC1C=CC(n2c3ccccc3c3cc4oc5ccc(/C=C(/C=C(\C=N)c6ccc7oc8cc9c%10ccccc%10n(-c%10ccccc%10)c9cc8c7c6)C6(C)N=C(C7C=CC=CC7)N=C(c7ccccc7)N6)cc5c4cc32)=CC1. The highest BCUT2D eigenvalue weighted by molar-refractivity contribution is 6.20. The van der Waals surface area contributed by atoms with Gasteiger partial charge in [-0.15, -0.1) is 0 Å². The Balaban J connectivity index is 0.918. The van der Waals surface area contributed by atoms with E-state index >= 15 is 0 Å². The Morgan fingerprint density at radius 2 is 1.26 bits per heavy atom. The summed E-state index contributed by atoms with van der Waals surface area (Å²) in [7, 11) is 0. The first-order valence-electron chi connectivity index (χ1n) is 26.9. The molecule has 3 unspecified atom stereocenters. The average Bonchev–Trinajstić information content (AvgIpc) is 4.38. The lowest BCUT2D eigenvalue weighted by molar-refractivity contribution is 0.516. The Bertz CT molecular complexity index is 4760. The van der Waals surface area contributed by atoms with Crippen molar-refractivity contribution < 1.29 is 8.83 Å². The van der Waals surface area contributed by atoms with Crippen molar-refractivity contribution in [1.82, 2.24) is 14.5 Å². The lowest BCUT2D eigenvalue weighted by Gasteiger charge is -2.35. The molecule has 3 atom stereocenters. The maximum absolute atomic E-state index is 9.17. The third kappa shape index (κ3) is 7.46. The molecule has 8 aromatic carbocycles. The minimum Gasteiger partial charge on any atom is -0.456 e. The molecule has 4 aromatic heterocycles. The first-order valence-corrected chi connectivity index (χ1v) is 26.9. The molecule has 0 amide bonds. The molecule has 0 saturated heterocycles. The number of fused-ring (bicyclic) bond motifs is 12. The molecular weight excluding hydrogens is 957 g/mol. The van der Waals surface area contributed by atoms with E-state index in [4.69, 9.17) is 24.2 Å². The third-order valence-corrected chi connectivity index (χ3v) is 16.1. The lowest BCUT2D eigenvalue weighted by atomic mass is 9.91. The zero-order valence-electron chi connectivity index (χ0n) is 43.1. The van der Waals surface area contributed by atoms with Crippen LogP contribution in [0.4, 0.5) is 0 Å².